The molecule has 7 nitrogen and oxygen atoms in total. The second kappa shape index (κ2) is 7.30. The summed E-state index contributed by atoms with van der Waals surface area (Å²) >= 11 is 0. The smallest absolute Gasteiger partial charge is 0.305 e. The lowest BCUT2D eigenvalue weighted by Crippen LogP contribution is -2.68. The molecule has 0 aliphatic carbocycles. The third kappa shape index (κ3) is 4.99. The summed E-state index contributed by atoms with van der Waals surface area (Å²) in [6.45, 7) is 2.73. The zero-order chi connectivity index (χ0) is 13.4. The number of hydrogen-bond donors (Lipinski definition) is 4. The van der Waals surface area contributed by atoms with Gasteiger partial charge in [0.25, 0.3) is 0 Å². The second-order valence-electron chi connectivity index (χ2n) is 4.47. The summed E-state index contributed by atoms with van der Waals surface area (Å²) in [4.78, 5) is 22.1. The number of amides is 1. The first-order chi connectivity index (χ1) is 8.58. The molecule has 0 aromatic rings. The summed E-state index contributed by atoms with van der Waals surface area (Å²) in [5.74, 6) is -0.883. The van der Waals surface area contributed by atoms with Crippen molar-refractivity contribution in [2.24, 2.45) is 0 Å². The van der Waals surface area contributed by atoms with E-state index in [-0.39, 0.29) is 12.3 Å². The number of carboxylic acid groups (broad SMARTS) is 1. The summed E-state index contributed by atoms with van der Waals surface area (Å²) in [5, 5.41) is 17.7. The Kier molecular flexibility index (Phi) is 6.03. The van der Waals surface area contributed by atoms with E-state index in [1.807, 2.05) is 0 Å². The van der Waals surface area contributed by atoms with Crippen LogP contribution < -0.4 is 16.0 Å². The molecule has 0 radical (unpaired) electrons. The molecule has 104 valence electrons. The summed E-state index contributed by atoms with van der Waals surface area (Å²) < 4.78 is 4.82. The van der Waals surface area contributed by atoms with Crippen LogP contribution >= 0.6 is 0 Å². The Morgan fingerprint density at radius 3 is 2.61 bits per heavy atom. The number of rotatable bonds is 9. The highest BCUT2D eigenvalue weighted by Gasteiger charge is 2.38. The minimum absolute atomic E-state index is 0.0580. The molecule has 1 aliphatic rings. The average molecular weight is 259 g/mol. The van der Waals surface area contributed by atoms with Crippen LogP contribution in [0, 0.1) is 0 Å². The average Bonchev–Trinajstić information content (AvgIpc) is 2.25. The number of carbonyl (C=O) groups is 2. The van der Waals surface area contributed by atoms with E-state index in [9.17, 15) is 9.59 Å². The van der Waals surface area contributed by atoms with Gasteiger partial charge in [-0.2, -0.15) is 0 Å². The summed E-state index contributed by atoms with van der Waals surface area (Å²) in [6.07, 6.45) is 0.413. The van der Waals surface area contributed by atoms with Gasteiger partial charge in [-0.1, -0.05) is 0 Å². The van der Waals surface area contributed by atoms with Crippen LogP contribution in [0.5, 0.6) is 0 Å². The Balaban J connectivity index is 2.15. The van der Waals surface area contributed by atoms with Crippen LogP contribution in [0.3, 0.4) is 0 Å². The zero-order valence-electron chi connectivity index (χ0n) is 10.6. The first-order valence-corrected chi connectivity index (χ1v) is 6.01. The van der Waals surface area contributed by atoms with Crippen molar-refractivity contribution in [1.29, 1.82) is 0 Å². The summed E-state index contributed by atoms with van der Waals surface area (Å²) in [7, 11) is 1.58. The topological polar surface area (TPSA) is 99.7 Å². The molecule has 1 rings (SSSR count). The number of ether oxygens (including phenoxy) is 1. The maximum Gasteiger partial charge on any atom is 0.305 e. The van der Waals surface area contributed by atoms with Crippen molar-refractivity contribution in [2.45, 2.75) is 18.4 Å². The van der Waals surface area contributed by atoms with Gasteiger partial charge in [0.2, 0.25) is 5.91 Å². The van der Waals surface area contributed by atoms with E-state index in [1.54, 1.807) is 7.11 Å². The molecule has 7 heteroatoms. The minimum Gasteiger partial charge on any atom is -0.481 e. The van der Waals surface area contributed by atoms with Gasteiger partial charge in [0.1, 0.15) is 0 Å². The van der Waals surface area contributed by atoms with E-state index in [0.717, 1.165) is 0 Å². The molecule has 1 heterocycles. The lowest BCUT2D eigenvalue weighted by Gasteiger charge is -2.42. The highest BCUT2D eigenvalue weighted by atomic mass is 16.5. The van der Waals surface area contributed by atoms with Crippen LogP contribution in [-0.2, 0) is 14.3 Å². The molecule has 0 atom stereocenters. The number of carboxylic acids is 1. The summed E-state index contributed by atoms with van der Waals surface area (Å²) in [5.41, 5.74) is -0.390. The fraction of sp³-hybridized carbons (Fsp3) is 0.818. The van der Waals surface area contributed by atoms with Crippen molar-refractivity contribution >= 4 is 11.9 Å². The molecule has 1 amide bonds. The van der Waals surface area contributed by atoms with Crippen molar-refractivity contribution < 1.29 is 19.4 Å². The molecule has 4 N–H and O–H groups in total. The molecule has 0 saturated carbocycles. The Morgan fingerprint density at radius 2 is 2.11 bits per heavy atom. The SMILES string of the molecule is COCCNC(=O)CCNC1(CC(=O)O)CNC1. The molecule has 0 aromatic heterocycles. The number of nitrogens with one attached hydrogen (secondary N) is 3. The fourth-order valence-corrected chi connectivity index (χ4v) is 1.85. The predicted octanol–water partition coefficient (Wildman–Crippen LogP) is -1.45. The Bertz CT molecular complexity index is 292. The van der Waals surface area contributed by atoms with E-state index >= 15 is 0 Å². The van der Waals surface area contributed by atoms with Crippen LogP contribution in [0.2, 0.25) is 0 Å². The van der Waals surface area contributed by atoms with Crippen LogP contribution in [0.4, 0.5) is 0 Å². The van der Waals surface area contributed by atoms with Gasteiger partial charge in [-0.3, -0.25) is 9.59 Å². The molecule has 1 aliphatic heterocycles. The number of methoxy groups -OCH3 is 1. The summed E-state index contributed by atoms with van der Waals surface area (Å²) in [6, 6.07) is 0. The standard InChI is InChI=1S/C11H21N3O4/c1-18-5-4-13-9(15)2-3-14-11(6-10(16)17)7-12-8-11/h12,14H,2-8H2,1H3,(H,13,15)(H,16,17). The van der Waals surface area contributed by atoms with Gasteiger partial charge in [-0.25, -0.2) is 0 Å². The van der Waals surface area contributed by atoms with E-state index in [4.69, 9.17) is 9.84 Å². The normalized spacial score (nSPS) is 16.9. The molecule has 0 unspecified atom stereocenters. The Morgan fingerprint density at radius 1 is 1.39 bits per heavy atom. The Hall–Kier alpha value is -1.18. The maximum absolute atomic E-state index is 11.4. The van der Waals surface area contributed by atoms with E-state index < -0.39 is 11.5 Å². The van der Waals surface area contributed by atoms with Crippen molar-refractivity contribution in [1.82, 2.24) is 16.0 Å². The van der Waals surface area contributed by atoms with E-state index in [0.29, 0.717) is 39.2 Å². The van der Waals surface area contributed by atoms with Gasteiger partial charge in [0.15, 0.2) is 0 Å². The van der Waals surface area contributed by atoms with Crippen LogP contribution in [0.25, 0.3) is 0 Å². The van der Waals surface area contributed by atoms with Crippen molar-refractivity contribution in [3.05, 3.63) is 0 Å². The van der Waals surface area contributed by atoms with Crippen molar-refractivity contribution in [2.75, 3.05) is 39.9 Å². The van der Waals surface area contributed by atoms with Gasteiger partial charge in [0, 0.05) is 39.7 Å². The quantitative estimate of drug-likeness (QED) is 0.378. The molecule has 0 aromatic carbocycles. The van der Waals surface area contributed by atoms with Gasteiger partial charge < -0.3 is 25.8 Å². The molecule has 1 fully saturated rings. The third-order valence-electron chi connectivity index (χ3n) is 2.90. The molecule has 0 bridgehead atoms. The van der Waals surface area contributed by atoms with Gasteiger partial charge in [-0.05, 0) is 0 Å². The fourth-order valence-electron chi connectivity index (χ4n) is 1.85. The molecular weight excluding hydrogens is 238 g/mol. The molecule has 1 saturated heterocycles. The second-order valence-corrected chi connectivity index (χ2v) is 4.47. The van der Waals surface area contributed by atoms with Gasteiger partial charge >= 0.3 is 5.97 Å². The minimum atomic E-state index is -0.825. The maximum atomic E-state index is 11.4. The molecular formula is C11H21N3O4. The first kappa shape index (κ1) is 14.9. The van der Waals surface area contributed by atoms with Crippen molar-refractivity contribution in [3.8, 4) is 0 Å². The predicted molar refractivity (Wildman–Crippen MR) is 65.4 cm³/mol. The molecule has 0 spiro atoms. The lowest BCUT2D eigenvalue weighted by atomic mass is 9.88. The zero-order valence-corrected chi connectivity index (χ0v) is 10.6. The number of hydrogen-bond acceptors (Lipinski definition) is 5. The van der Waals surface area contributed by atoms with Crippen LogP contribution in [0.15, 0.2) is 0 Å². The monoisotopic (exact) mass is 259 g/mol. The Labute approximate surface area is 106 Å². The van der Waals surface area contributed by atoms with Gasteiger partial charge in [-0.15, -0.1) is 0 Å². The van der Waals surface area contributed by atoms with Crippen LogP contribution in [0.1, 0.15) is 12.8 Å². The number of aliphatic carboxylic acids is 1. The van der Waals surface area contributed by atoms with Crippen molar-refractivity contribution in [3.63, 3.8) is 0 Å². The lowest BCUT2D eigenvalue weighted by molar-refractivity contribution is -0.139. The van der Waals surface area contributed by atoms with E-state index in [2.05, 4.69) is 16.0 Å². The van der Waals surface area contributed by atoms with Crippen LogP contribution in [-0.4, -0.2) is 62.4 Å². The highest BCUT2D eigenvalue weighted by Crippen LogP contribution is 2.15. The molecule has 18 heavy (non-hydrogen) atoms. The van der Waals surface area contributed by atoms with Gasteiger partial charge in [0.05, 0.1) is 18.6 Å². The highest BCUT2D eigenvalue weighted by molar-refractivity contribution is 5.76. The third-order valence-corrected chi connectivity index (χ3v) is 2.90. The number of carbonyl (C=O) groups excluding carboxylic acids is 1. The largest absolute Gasteiger partial charge is 0.481 e. The first-order valence-electron chi connectivity index (χ1n) is 6.01. The van der Waals surface area contributed by atoms with E-state index in [1.165, 1.54) is 0 Å².